The summed E-state index contributed by atoms with van der Waals surface area (Å²) in [6.07, 6.45) is 17.5. The summed E-state index contributed by atoms with van der Waals surface area (Å²) >= 11 is 0. The minimum atomic E-state index is -2.33. The van der Waals surface area contributed by atoms with E-state index in [1.54, 1.807) is 0 Å². The molecule has 26 heavy (non-hydrogen) atoms. The van der Waals surface area contributed by atoms with Gasteiger partial charge in [-0.1, -0.05) is 96.8 Å². The van der Waals surface area contributed by atoms with Crippen molar-refractivity contribution in [1.82, 2.24) is 0 Å². The van der Waals surface area contributed by atoms with Crippen LogP contribution in [0.5, 0.6) is 0 Å². The number of carboxylic acids is 1. The number of rotatable bonds is 16. The van der Waals surface area contributed by atoms with Gasteiger partial charge >= 0.3 is 74.4 Å². The zero-order valence-electron chi connectivity index (χ0n) is 17.1. The van der Waals surface area contributed by atoms with E-state index in [9.17, 15) is 9.90 Å². The van der Waals surface area contributed by atoms with Gasteiger partial charge in [-0.05, 0) is 19.0 Å². The predicted octanol–water partition coefficient (Wildman–Crippen LogP) is -0.826. The normalized spacial score (nSPS) is 9.27. The number of carbonyl (C=O) groups excluding carboxylic acids is 2. The van der Waals surface area contributed by atoms with Crippen molar-refractivity contribution in [2.45, 2.75) is 110 Å². The van der Waals surface area contributed by atoms with Gasteiger partial charge in [0.25, 0.3) is 0 Å². The van der Waals surface area contributed by atoms with Gasteiger partial charge in [0.15, 0.2) is 0 Å². The average molecular weight is 407 g/mol. The van der Waals surface area contributed by atoms with Crippen molar-refractivity contribution in [2.75, 3.05) is 0 Å². The van der Waals surface area contributed by atoms with Crippen molar-refractivity contribution in [3.05, 3.63) is 0 Å². The molecule has 0 saturated carbocycles. The van der Waals surface area contributed by atoms with E-state index < -0.39 is 12.1 Å². The Balaban J connectivity index is -0.000000363. The first-order valence-corrected chi connectivity index (χ1v) is 9.58. The SMILES string of the molecule is CCCCCCCCCCCCCCCCCC(=O)[O-].O=C([O-])[O-].[K+].[Mg+2]. The number of carboxylic acid groups (broad SMARTS) is 3. The molecule has 0 bridgehead atoms. The van der Waals surface area contributed by atoms with Gasteiger partial charge in [0, 0.05) is 5.97 Å². The Kier molecular flexibility index (Phi) is 41.1. The minimum absolute atomic E-state index is 0. The predicted molar refractivity (Wildman–Crippen MR) is 95.7 cm³/mol. The summed E-state index contributed by atoms with van der Waals surface area (Å²) < 4.78 is 0. The van der Waals surface area contributed by atoms with Gasteiger partial charge in [-0.2, -0.15) is 0 Å². The average Bonchev–Trinajstić information content (AvgIpc) is 2.50. The Labute approximate surface area is 218 Å². The van der Waals surface area contributed by atoms with Gasteiger partial charge in [0.2, 0.25) is 0 Å². The fourth-order valence-corrected chi connectivity index (χ4v) is 2.64. The Morgan fingerprint density at radius 2 is 0.808 bits per heavy atom. The zero-order valence-corrected chi connectivity index (χ0v) is 21.6. The van der Waals surface area contributed by atoms with Crippen LogP contribution in [-0.2, 0) is 4.79 Å². The third-order valence-corrected chi connectivity index (χ3v) is 3.98. The number of unbranched alkanes of at least 4 members (excludes halogenated alkanes) is 14. The molecule has 5 nitrogen and oxygen atoms in total. The van der Waals surface area contributed by atoms with Crippen LogP contribution in [0, 0.1) is 0 Å². The Morgan fingerprint density at radius 1 is 0.577 bits per heavy atom. The van der Waals surface area contributed by atoms with Crippen LogP contribution in [0.25, 0.3) is 0 Å². The number of hydrogen-bond donors (Lipinski definition) is 0. The molecule has 0 aliphatic heterocycles. The largest absolute Gasteiger partial charge is 2.00 e. The first-order valence-electron chi connectivity index (χ1n) is 9.58. The van der Waals surface area contributed by atoms with Crippen LogP contribution in [0.3, 0.4) is 0 Å². The minimum Gasteiger partial charge on any atom is -0.652 e. The van der Waals surface area contributed by atoms with E-state index in [4.69, 9.17) is 15.0 Å². The maximum absolute atomic E-state index is 10.2. The summed E-state index contributed by atoms with van der Waals surface area (Å²) in [5, 5.41) is 26.9. The second-order valence-corrected chi connectivity index (χ2v) is 6.32. The maximum Gasteiger partial charge on any atom is 2.00 e. The molecule has 0 radical (unpaired) electrons. The van der Waals surface area contributed by atoms with E-state index in [0.717, 1.165) is 12.8 Å². The van der Waals surface area contributed by atoms with Gasteiger partial charge in [-0.15, -0.1) is 0 Å². The Morgan fingerprint density at radius 3 is 1.04 bits per heavy atom. The summed E-state index contributed by atoms with van der Waals surface area (Å²) in [5.41, 5.74) is 0. The van der Waals surface area contributed by atoms with Crippen molar-refractivity contribution >= 4 is 35.2 Å². The molecule has 0 aromatic carbocycles. The molecule has 0 spiro atoms. The quantitative estimate of drug-likeness (QED) is 0.246. The summed E-state index contributed by atoms with van der Waals surface area (Å²) in [7, 11) is 0. The molecule has 0 saturated heterocycles. The number of aliphatic carboxylic acids is 1. The molecular formula is C19H35KMgO5. The van der Waals surface area contributed by atoms with Gasteiger partial charge in [-0.3, -0.25) is 0 Å². The van der Waals surface area contributed by atoms with Crippen LogP contribution in [0.1, 0.15) is 110 Å². The molecule has 0 unspecified atom stereocenters. The molecule has 7 heteroatoms. The van der Waals surface area contributed by atoms with E-state index in [0.29, 0.717) is 0 Å². The van der Waals surface area contributed by atoms with E-state index in [1.165, 1.54) is 83.5 Å². The standard InChI is InChI=1S/C18H36O2.CH2O3.K.Mg/c1-2-3-4-5-6-7-8-9-10-11-12-13-14-15-16-17-18(19)20;2-1(3)4;;/h2-17H2,1H3,(H,19,20);(H2,2,3,4);;/q;;+1;+2/p-3. The molecule has 0 fully saturated rings. The monoisotopic (exact) mass is 406 g/mol. The van der Waals surface area contributed by atoms with Crippen LogP contribution < -0.4 is 66.7 Å². The van der Waals surface area contributed by atoms with Crippen LogP contribution in [0.2, 0.25) is 0 Å². The first-order chi connectivity index (χ1) is 11.5. The zero-order chi connectivity index (χ0) is 18.5. The van der Waals surface area contributed by atoms with Crippen LogP contribution in [0.15, 0.2) is 0 Å². The molecule has 0 N–H and O–H groups in total. The first kappa shape index (κ1) is 34.6. The van der Waals surface area contributed by atoms with Crippen molar-refractivity contribution in [3.63, 3.8) is 0 Å². The van der Waals surface area contributed by atoms with E-state index in [-0.39, 0.29) is 80.9 Å². The summed E-state index contributed by atoms with van der Waals surface area (Å²) in [6, 6.07) is 0. The molecule has 0 aliphatic rings. The molecular weight excluding hydrogens is 372 g/mol. The van der Waals surface area contributed by atoms with Crippen LogP contribution in [0.4, 0.5) is 4.79 Å². The fraction of sp³-hybridized carbons (Fsp3) is 0.895. The van der Waals surface area contributed by atoms with Crippen molar-refractivity contribution in [1.29, 1.82) is 0 Å². The van der Waals surface area contributed by atoms with Crippen molar-refractivity contribution in [2.24, 2.45) is 0 Å². The maximum atomic E-state index is 10.2. The van der Waals surface area contributed by atoms with Crippen LogP contribution in [-0.4, -0.2) is 35.2 Å². The molecule has 0 aliphatic carbocycles. The molecule has 144 valence electrons. The van der Waals surface area contributed by atoms with Gasteiger partial charge in [0.05, 0.1) is 0 Å². The topological polar surface area (TPSA) is 103 Å². The molecule has 0 atom stereocenters. The molecule has 0 heterocycles. The fourth-order valence-electron chi connectivity index (χ4n) is 2.64. The number of hydrogen-bond acceptors (Lipinski definition) is 5. The van der Waals surface area contributed by atoms with Gasteiger partial charge < -0.3 is 24.9 Å². The molecule has 0 aromatic heterocycles. The van der Waals surface area contributed by atoms with E-state index >= 15 is 0 Å². The smallest absolute Gasteiger partial charge is 0.652 e. The van der Waals surface area contributed by atoms with Gasteiger partial charge in [0.1, 0.15) is 0 Å². The van der Waals surface area contributed by atoms with Crippen LogP contribution >= 0.6 is 0 Å². The van der Waals surface area contributed by atoms with E-state index in [1.807, 2.05) is 0 Å². The number of carbonyl (C=O) groups is 2. The second kappa shape index (κ2) is 30.9. The molecule has 0 amide bonds. The van der Waals surface area contributed by atoms with Crippen molar-refractivity contribution < 1.29 is 76.3 Å². The Hall–Kier alpha value is 1.14. The molecule has 0 aromatic rings. The van der Waals surface area contributed by atoms with Gasteiger partial charge in [-0.25, -0.2) is 0 Å². The molecule has 0 rings (SSSR count). The third kappa shape index (κ3) is 44.5. The summed E-state index contributed by atoms with van der Waals surface area (Å²) in [4.78, 5) is 18.6. The third-order valence-electron chi connectivity index (χ3n) is 3.98. The van der Waals surface area contributed by atoms with Crippen molar-refractivity contribution in [3.8, 4) is 0 Å². The summed E-state index contributed by atoms with van der Waals surface area (Å²) in [6.45, 7) is 2.27. The second-order valence-electron chi connectivity index (χ2n) is 6.32. The Bertz CT molecular complexity index is 287. The van der Waals surface area contributed by atoms with E-state index in [2.05, 4.69) is 6.92 Å². The summed E-state index contributed by atoms with van der Waals surface area (Å²) in [5.74, 6) is -0.903.